The molecule has 1 fully saturated rings. The van der Waals surface area contributed by atoms with Crippen molar-refractivity contribution < 1.29 is 14.7 Å². The van der Waals surface area contributed by atoms with E-state index in [2.05, 4.69) is 19.2 Å². The van der Waals surface area contributed by atoms with Crippen molar-refractivity contribution in [2.45, 2.75) is 58.9 Å². The van der Waals surface area contributed by atoms with Crippen LogP contribution in [0.3, 0.4) is 0 Å². The molecular weight excluding hydrogens is 256 g/mol. The summed E-state index contributed by atoms with van der Waals surface area (Å²) >= 11 is 0. The topological polar surface area (TPSA) is 69.6 Å². The van der Waals surface area contributed by atoms with Gasteiger partial charge >= 0.3 is 12.0 Å². The fourth-order valence-electron chi connectivity index (χ4n) is 2.67. The van der Waals surface area contributed by atoms with Crippen molar-refractivity contribution in [2.75, 3.05) is 13.1 Å². The molecule has 3 atom stereocenters. The van der Waals surface area contributed by atoms with Gasteiger partial charge in [0.05, 0.1) is 5.92 Å². The van der Waals surface area contributed by atoms with Crippen LogP contribution in [0.25, 0.3) is 0 Å². The van der Waals surface area contributed by atoms with Crippen molar-refractivity contribution in [3.63, 3.8) is 0 Å². The van der Waals surface area contributed by atoms with Crippen molar-refractivity contribution in [1.29, 1.82) is 0 Å². The van der Waals surface area contributed by atoms with E-state index in [9.17, 15) is 9.59 Å². The number of carbonyl (C=O) groups is 2. The molecule has 0 aromatic heterocycles. The zero-order chi connectivity index (χ0) is 15.1. The van der Waals surface area contributed by atoms with Gasteiger partial charge in [-0.05, 0) is 32.1 Å². The smallest absolute Gasteiger partial charge is 0.317 e. The maximum atomic E-state index is 12.2. The van der Waals surface area contributed by atoms with Crippen LogP contribution in [0.1, 0.15) is 52.9 Å². The van der Waals surface area contributed by atoms with Gasteiger partial charge in [-0.25, -0.2) is 4.79 Å². The third-order valence-electron chi connectivity index (χ3n) is 4.25. The van der Waals surface area contributed by atoms with Crippen LogP contribution in [0.5, 0.6) is 0 Å². The summed E-state index contributed by atoms with van der Waals surface area (Å²) in [6.07, 6.45) is 4.10. The van der Waals surface area contributed by atoms with Gasteiger partial charge < -0.3 is 15.3 Å². The normalized spacial score (nSPS) is 23.9. The van der Waals surface area contributed by atoms with Gasteiger partial charge in [-0.15, -0.1) is 0 Å². The van der Waals surface area contributed by atoms with Crippen LogP contribution in [-0.2, 0) is 4.79 Å². The first-order chi connectivity index (χ1) is 9.47. The van der Waals surface area contributed by atoms with Crippen molar-refractivity contribution in [1.82, 2.24) is 10.2 Å². The van der Waals surface area contributed by atoms with E-state index in [1.54, 1.807) is 0 Å². The number of amides is 2. The molecule has 0 saturated heterocycles. The lowest BCUT2D eigenvalue weighted by molar-refractivity contribution is -0.143. The summed E-state index contributed by atoms with van der Waals surface area (Å²) in [5, 5.41) is 12.1. The molecule has 20 heavy (non-hydrogen) atoms. The minimum absolute atomic E-state index is 0.00309. The number of aliphatic carboxylic acids is 1. The number of nitrogens with zero attached hydrogens (tertiary/aromatic N) is 1. The summed E-state index contributed by atoms with van der Waals surface area (Å²) in [4.78, 5) is 25.1. The molecule has 1 aliphatic rings. The fraction of sp³-hybridized carbons (Fsp3) is 0.867. The molecule has 0 aliphatic heterocycles. The molecule has 0 aromatic carbocycles. The van der Waals surface area contributed by atoms with E-state index in [0.717, 1.165) is 32.2 Å². The number of hydrogen-bond donors (Lipinski definition) is 2. The van der Waals surface area contributed by atoms with Crippen molar-refractivity contribution >= 4 is 12.0 Å². The first-order valence-electron chi connectivity index (χ1n) is 7.76. The van der Waals surface area contributed by atoms with Gasteiger partial charge in [0.1, 0.15) is 0 Å². The summed E-state index contributed by atoms with van der Waals surface area (Å²) in [7, 11) is 0. The van der Waals surface area contributed by atoms with E-state index in [-0.39, 0.29) is 18.0 Å². The van der Waals surface area contributed by atoms with E-state index in [0.29, 0.717) is 18.9 Å². The maximum Gasteiger partial charge on any atom is 0.317 e. The van der Waals surface area contributed by atoms with Crippen molar-refractivity contribution in [2.24, 2.45) is 11.8 Å². The van der Waals surface area contributed by atoms with Crippen molar-refractivity contribution in [3.8, 4) is 0 Å². The quantitative estimate of drug-likeness (QED) is 0.788. The molecule has 2 amide bonds. The Morgan fingerprint density at radius 1 is 1.35 bits per heavy atom. The average Bonchev–Trinajstić information content (AvgIpc) is 2.44. The number of hydrogen-bond acceptors (Lipinski definition) is 2. The van der Waals surface area contributed by atoms with E-state index in [4.69, 9.17) is 5.11 Å². The van der Waals surface area contributed by atoms with Crippen LogP contribution < -0.4 is 5.32 Å². The molecule has 0 spiro atoms. The summed E-state index contributed by atoms with van der Waals surface area (Å²) in [5.74, 6) is -0.562. The third kappa shape index (κ3) is 5.02. The Bertz CT molecular complexity index is 333. The molecule has 3 unspecified atom stereocenters. The third-order valence-corrected chi connectivity index (χ3v) is 4.25. The fourth-order valence-corrected chi connectivity index (χ4v) is 2.67. The van der Waals surface area contributed by atoms with Gasteiger partial charge in [0, 0.05) is 19.1 Å². The molecule has 1 aliphatic carbocycles. The number of carboxylic acids is 1. The van der Waals surface area contributed by atoms with Crippen LogP contribution >= 0.6 is 0 Å². The average molecular weight is 284 g/mol. The van der Waals surface area contributed by atoms with E-state index >= 15 is 0 Å². The Morgan fingerprint density at radius 3 is 2.60 bits per heavy atom. The second-order valence-corrected chi connectivity index (χ2v) is 5.90. The zero-order valence-electron chi connectivity index (χ0n) is 12.9. The molecule has 1 rings (SSSR count). The van der Waals surface area contributed by atoms with E-state index < -0.39 is 5.97 Å². The predicted molar refractivity (Wildman–Crippen MR) is 78.6 cm³/mol. The maximum absolute atomic E-state index is 12.2. The van der Waals surface area contributed by atoms with Crippen LogP contribution in [0, 0.1) is 11.8 Å². The summed E-state index contributed by atoms with van der Waals surface area (Å²) in [6.45, 7) is 7.67. The van der Waals surface area contributed by atoms with Gasteiger partial charge in [-0.2, -0.15) is 0 Å². The molecule has 0 radical (unpaired) electrons. The highest BCUT2D eigenvalue weighted by atomic mass is 16.4. The molecule has 0 heterocycles. The molecule has 1 saturated carbocycles. The van der Waals surface area contributed by atoms with Crippen LogP contribution in [0.4, 0.5) is 4.79 Å². The Labute approximate surface area is 121 Å². The van der Waals surface area contributed by atoms with Gasteiger partial charge in [0.2, 0.25) is 0 Å². The predicted octanol–water partition coefficient (Wildman–Crippen LogP) is 2.71. The van der Waals surface area contributed by atoms with Crippen molar-refractivity contribution in [3.05, 3.63) is 0 Å². The highest BCUT2D eigenvalue weighted by Crippen LogP contribution is 2.24. The second-order valence-electron chi connectivity index (χ2n) is 5.90. The molecule has 5 heteroatoms. The number of rotatable bonds is 6. The first kappa shape index (κ1) is 16.8. The molecular formula is C15H28N2O3. The summed E-state index contributed by atoms with van der Waals surface area (Å²) < 4.78 is 0. The molecule has 0 aromatic rings. The van der Waals surface area contributed by atoms with Gasteiger partial charge in [0.15, 0.2) is 0 Å². The first-order valence-corrected chi connectivity index (χ1v) is 7.76. The number of nitrogens with one attached hydrogen (secondary N) is 1. The molecule has 116 valence electrons. The Morgan fingerprint density at radius 2 is 2.05 bits per heavy atom. The molecule has 5 nitrogen and oxygen atoms in total. The Hall–Kier alpha value is -1.26. The zero-order valence-corrected chi connectivity index (χ0v) is 12.9. The van der Waals surface area contributed by atoms with E-state index in [1.165, 1.54) is 0 Å². The Kier molecular flexibility index (Phi) is 6.82. The standard InChI is InChI=1S/C15H28N2O3/c1-4-11(3)10-17(5-2)15(20)16-13-8-6-7-12(9-13)14(18)19/h11-13H,4-10H2,1-3H3,(H,16,20)(H,18,19). The Balaban J connectivity index is 2.49. The largest absolute Gasteiger partial charge is 0.481 e. The highest BCUT2D eigenvalue weighted by Gasteiger charge is 2.28. The number of carboxylic acid groups (broad SMARTS) is 1. The van der Waals surface area contributed by atoms with Crippen LogP contribution in [0.2, 0.25) is 0 Å². The number of carbonyl (C=O) groups excluding carboxylic acids is 1. The number of urea groups is 1. The lowest BCUT2D eigenvalue weighted by atomic mass is 9.86. The monoisotopic (exact) mass is 284 g/mol. The lowest BCUT2D eigenvalue weighted by Gasteiger charge is -2.31. The van der Waals surface area contributed by atoms with Gasteiger partial charge in [-0.3, -0.25) is 4.79 Å². The second kappa shape index (κ2) is 8.12. The SMILES string of the molecule is CCC(C)CN(CC)C(=O)NC1CCCC(C(=O)O)C1. The van der Waals surface area contributed by atoms with Gasteiger partial charge in [-0.1, -0.05) is 26.7 Å². The molecule has 2 N–H and O–H groups in total. The van der Waals surface area contributed by atoms with E-state index in [1.807, 2.05) is 11.8 Å². The lowest BCUT2D eigenvalue weighted by Crippen LogP contribution is -2.48. The van der Waals surface area contributed by atoms with Crippen LogP contribution in [0.15, 0.2) is 0 Å². The molecule has 0 bridgehead atoms. The summed E-state index contributed by atoms with van der Waals surface area (Å²) in [5.41, 5.74) is 0. The van der Waals surface area contributed by atoms with Gasteiger partial charge in [0.25, 0.3) is 0 Å². The highest BCUT2D eigenvalue weighted by molar-refractivity contribution is 5.75. The summed E-state index contributed by atoms with van der Waals surface area (Å²) in [6, 6.07) is -0.0489. The van der Waals surface area contributed by atoms with Crippen LogP contribution in [-0.4, -0.2) is 41.1 Å². The minimum atomic E-state index is -0.740. The minimum Gasteiger partial charge on any atom is -0.481 e.